The van der Waals surface area contributed by atoms with Gasteiger partial charge < -0.3 is 9.64 Å². The van der Waals surface area contributed by atoms with Gasteiger partial charge in [-0.1, -0.05) is 24.3 Å². The summed E-state index contributed by atoms with van der Waals surface area (Å²) < 4.78 is 5.23. The topological polar surface area (TPSA) is 29.5 Å². The molecule has 0 N–H and O–H groups in total. The molecule has 4 rings (SSSR count). The van der Waals surface area contributed by atoms with Crippen LogP contribution < -0.4 is 4.74 Å². The highest BCUT2D eigenvalue weighted by atomic mass is 16.5. The van der Waals surface area contributed by atoms with Crippen LogP contribution in [0.15, 0.2) is 36.4 Å². The summed E-state index contributed by atoms with van der Waals surface area (Å²) >= 11 is 0. The Morgan fingerprint density at radius 2 is 2.00 bits per heavy atom. The van der Waals surface area contributed by atoms with Crippen LogP contribution in [-0.4, -0.2) is 24.5 Å². The van der Waals surface area contributed by atoms with E-state index in [1.165, 1.54) is 12.0 Å². The van der Waals surface area contributed by atoms with Gasteiger partial charge in [0.15, 0.2) is 0 Å². The lowest BCUT2D eigenvalue weighted by Crippen LogP contribution is -2.37. The first-order chi connectivity index (χ1) is 10.8. The number of carbonyl (C=O) groups is 1. The van der Waals surface area contributed by atoms with E-state index >= 15 is 0 Å². The van der Waals surface area contributed by atoms with Crippen LogP contribution in [0.3, 0.4) is 0 Å². The van der Waals surface area contributed by atoms with Crippen molar-refractivity contribution in [1.82, 2.24) is 4.90 Å². The molecule has 1 amide bonds. The average molecular weight is 297 g/mol. The molecule has 4 atom stereocenters. The van der Waals surface area contributed by atoms with Gasteiger partial charge in [-0.2, -0.15) is 0 Å². The van der Waals surface area contributed by atoms with Gasteiger partial charge in [0.2, 0.25) is 5.91 Å². The third-order valence-electron chi connectivity index (χ3n) is 5.63. The minimum Gasteiger partial charge on any atom is -0.497 e. The van der Waals surface area contributed by atoms with Crippen molar-refractivity contribution in [2.24, 2.45) is 17.8 Å². The van der Waals surface area contributed by atoms with Gasteiger partial charge in [0.05, 0.1) is 13.2 Å². The lowest BCUT2D eigenvalue weighted by Gasteiger charge is -2.30. The van der Waals surface area contributed by atoms with E-state index in [0.717, 1.165) is 31.6 Å². The minimum absolute atomic E-state index is 0.230. The number of amides is 1. The Hall–Kier alpha value is -1.77. The second-order valence-electron chi connectivity index (χ2n) is 6.85. The Morgan fingerprint density at radius 1 is 1.18 bits per heavy atom. The van der Waals surface area contributed by atoms with Gasteiger partial charge in [-0.25, -0.2) is 0 Å². The lowest BCUT2D eigenvalue weighted by molar-refractivity contribution is -0.137. The van der Waals surface area contributed by atoms with Gasteiger partial charge >= 0.3 is 0 Å². The summed E-state index contributed by atoms with van der Waals surface area (Å²) in [5.74, 6) is 2.64. The molecule has 4 unspecified atom stereocenters. The van der Waals surface area contributed by atoms with E-state index in [-0.39, 0.29) is 12.0 Å². The Morgan fingerprint density at radius 3 is 2.64 bits per heavy atom. The maximum absolute atomic E-state index is 13.0. The number of hydrogen-bond donors (Lipinski definition) is 0. The number of hydrogen-bond acceptors (Lipinski definition) is 2. The molecule has 1 aliphatic heterocycles. The average Bonchev–Trinajstić information content (AvgIpc) is 3.30. The number of allylic oxidation sites excluding steroid dienone is 2. The van der Waals surface area contributed by atoms with Crippen molar-refractivity contribution in [2.45, 2.75) is 31.7 Å². The molecular formula is C19H23NO2. The fourth-order valence-electron chi connectivity index (χ4n) is 4.48. The molecule has 1 saturated heterocycles. The van der Waals surface area contributed by atoms with E-state index in [9.17, 15) is 4.79 Å². The molecule has 2 bridgehead atoms. The van der Waals surface area contributed by atoms with E-state index in [4.69, 9.17) is 4.74 Å². The SMILES string of the molecule is COc1ccc(C2CCCN2C(=O)C2CC3C=CC2C3)cc1. The molecule has 3 nitrogen and oxygen atoms in total. The number of likely N-dealkylation sites (tertiary alicyclic amines) is 1. The number of benzene rings is 1. The third kappa shape index (κ3) is 2.23. The zero-order chi connectivity index (χ0) is 15.1. The number of carbonyl (C=O) groups excluding carboxylic acids is 1. The molecule has 2 fully saturated rings. The van der Waals surface area contributed by atoms with Gasteiger partial charge in [0.25, 0.3) is 0 Å². The number of rotatable bonds is 3. The highest BCUT2D eigenvalue weighted by Crippen LogP contribution is 2.46. The van der Waals surface area contributed by atoms with Crippen LogP contribution in [-0.2, 0) is 4.79 Å². The number of fused-ring (bicyclic) bond motifs is 2. The molecule has 0 aromatic heterocycles. The molecule has 1 heterocycles. The van der Waals surface area contributed by atoms with E-state index < -0.39 is 0 Å². The van der Waals surface area contributed by atoms with Crippen molar-refractivity contribution in [3.05, 3.63) is 42.0 Å². The quantitative estimate of drug-likeness (QED) is 0.798. The fraction of sp³-hybridized carbons (Fsp3) is 0.526. The number of nitrogens with zero attached hydrogens (tertiary/aromatic N) is 1. The van der Waals surface area contributed by atoms with E-state index in [0.29, 0.717) is 17.7 Å². The highest BCUT2D eigenvalue weighted by molar-refractivity contribution is 5.81. The normalized spacial score (nSPS) is 32.7. The molecule has 1 aromatic carbocycles. The minimum atomic E-state index is 0.230. The summed E-state index contributed by atoms with van der Waals surface area (Å²) in [5.41, 5.74) is 1.24. The monoisotopic (exact) mass is 297 g/mol. The first-order valence-corrected chi connectivity index (χ1v) is 8.39. The fourth-order valence-corrected chi connectivity index (χ4v) is 4.48. The largest absolute Gasteiger partial charge is 0.497 e. The molecule has 3 aliphatic rings. The summed E-state index contributed by atoms with van der Waals surface area (Å²) in [6, 6.07) is 8.46. The van der Waals surface area contributed by atoms with Gasteiger partial charge in [-0.15, -0.1) is 0 Å². The Balaban J connectivity index is 1.53. The smallest absolute Gasteiger partial charge is 0.226 e. The molecule has 1 saturated carbocycles. The summed E-state index contributed by atoms with van der Waals surface area (Å²) in [6.45, 7) is 0.910. The van der Waals surface area contributed by atoms with Crippen molar-refractivity contribution in [2.75, 3.05) is 13.7 Å². The van der Waals surface area contributed by atoms with Crippen molar-refractivity contribution >= 4 is 5.91 Å². The van der Waals surface area contributed by atoms with Crippen molar-refractivity contribution < 1.29 is 9.53 Å². The molecule has 0 radical (unpaired) electrons. The predicted molar refractivity (Wildman–Crippen MR) is 85.5 cm³/mol. The number of methoxy groups -OCH3 is 1. The molecule has 0 spiro atoms. The van der Waals surface area contributed by atoms with E-state index in [1.54, 1.807) is 7.11 Å². The molecular weight excluding hydrogens is 274 g/mol. The van der Waals surface area contributed by atoms with Crippen LogP contribution in [0.1, 0.15) is 37.3 Å². The Labute approximate surface area is 132 Å². The van der Waals surface area contributed by atoms with Crippen LogP contribution >= 0.6 is 0 Å². The maximum atomic E-state index is 13.0. The van der Waals surface area contributed by atoms with Crippen LogP contribution in [0.2, 0.25) is 0 Å². The molecule has 22 heavy (non-hydrogen) atoms. The molecule has 2 aliphatic carbocycles. The van der Waals surface area contributed by atoms with E-state index in [1.807, 2.05) is 12.1 Å². The van der Waals surface area contributed by atoms with Crippen molar-refractivity contribution in [3.8, 4) is 5.75 Å². The summed E-state index contributed by atoms with van der Waals surface area (Å²) in [7, 11) is 1.68. The van der Waals surface area contributed by atoms with Crippen LogP contribution in [0.5, 0.6) is 5.75 Å². The lowest BCUT2D eigenvalue weighted by atomic mass is 9.91. The zero-order valence-electron chi connectivity index (χ0n) is 13.1. The van der Waals surface area contributed by atoms with Gasteiger partial charge in [0.1, 0.15) is 5.75 Å². The Bertz CT molecular complexity index is 592. The molecule has 116 valence electrons. The predicted octanol–water partition coefficient (Wildman–Crippen LogP) is 3.57. The van der Waals surface area contributed by atoms with Crippen molar-refractivity contribution in [1.29, 1.82) is 0 Å². The standard InChI is InChI=1S/C19H23NO2/c1-22-16-8-6-14(7-9-16)18-3-2-10-20(18)19(21)17-12-13-4-5-15(17)11-13/h4-9,13,15,17-18H,2-3,10-12H2,1H3. The van der Waals surface area contributed by atoms with Crippen molar-refractivity contribution in [3.63, 3.8) is 0 Å². The van der Waals surface area contributed by atoms with Crippen LogP contribution in [0.25, 0.3) is 0 Å². The molecule has 1 aromatic rings. The van der Waals surface area contributed by atoms with Gasteiger partial charge in [-0.05, 0) is 55.2 Å². The number of ether oxygens (including phenoxy) is 1. The third-order valence-corrected chi connectivity index (χ3v) is 5.63. The first-order valence-electron chi connectivity index (χ1n) is 8.39. The second-order valence-corrected chi connectivity index (χ2v) is 6.85. The Kier molecular flexibility index (Phi) is 3.44. The summed E-state index contributed by atoms with van der Waals surface area (Å²) in [4.78, 5) is 15.2. The maximum Gasteiger partial charge on any atom is 0.226 e. The van der Waals surface area contributed by atoms with Crippen LogP contribution in [0.4, 0.5) is 0 Å². The highest BCUT2D eigenvalue weighted by Gasteiger charge is 2.43. The summed E-state index contributed by atoms with van der Waals surface area (Å²) in [6.07, 6.45) is 9.02. The van der Waals surface area contributed by atoms with Gasteiger partial charge in [-0.3, -0.25) is 4.79 Å². The zero-order valence-corrected chi connectivity index (χ0v) is 13.1. The van der Waals surface area contributed by atoms with E-state index in [2.05, 4.69) is 29.2 Å². The van der Waals surface area contributed by atoms with Gasteiger partial charge in [0, 0.05) is 12.5 Å². The van der Waals surface area contributed by atoms with Crippen LogP contribution in [0, 0.1) is 17.8 Å². The summed E-state index contributed by atoms with van der Waals surface area (Å²) in [5, 5.41) is 0. The first kappa shape index (κ1) is 13.9. The second kappa shape index (κ2) is 5.45. The molecule has 3 heteroatoms.